The smallest absolute Gasteiger partial charge is 0.0961 e. The molecule has 12 heavy (non-hydrogen) atoms. The predicted octanol–water partition coefficient (Wildman–Crippen LogP) is 3.67. The van der Waals surface area contributed by atoms with Gasteiger partial charge in [0.1, 0.15) is 0 Å². The van der Waals surface area contributed by atoms with E-state index < -0.39 is 0 Å². The zero-order valence-corrected chi connectivity index (χ0v) is 8.90. The van der Waals surface area contributed by atoms with Gasteiger partial charge in [-0.05, 0) is 31.9 Å². The Labute approximate surface area is 76.1 Å². The van der Waals surface area contributed by atoms with Gasteiger partial charge in [0.05, 0.1) is 12.9 Å². The first-order valence-electron chi connectivity index (χ1n) is 4.65. The van der Waals surface area contributed by atoms with Gasteiger partial charge < -0.3 is 4.74 Å². The van der Waals surface area contributed by atoms with Crippen molar-refractivity contribution in [2.45, 2.75) is 40.5 Å². The van der Waals surface area contributed by atoms with Crippen LogP contribution in [0.3, 0.4) is 0 Å². The average Bonchev–Trinajstić information content (AvgIpc) is 2.13. The van der Waals surface area contributed by atoms with Crippen LogP contribution < -0.4 is 0 Å². The summed E-state index contributed by atoms with van der Waals surface area (Å²) in [5, 5.41) is 0. The minimum atomic E-state index is 1.07. The minimum absolute atomic E-state index is 1.07. The summed E-state index contributed by atoms with van der Waals surface area (Å²) in [6, 6.07) is 0. The van der Waals surface area contributed by atoms with E-state index in [4.69, 9.17) is 4.74 Å². The summed E-state index contributed by atoms with van der Waals surface area (Å²) in [6.07, 6.45) is 4.35. The number of hydrogen-bond acceptors (Lipinski definition) is 1. The SMILES string of the molecule is CC.COC1=CC(C)=C(C)CC1. The number of rotatable bonds is 1. The molecular weight excluding hydrogens is 148 g/mol. The van der Waals surface area contributed by atoms with Crippen LogP contribution in [-0.2, 0) is 4.74 Å². The van der Waals surface area contributed by atoms with Gasteiger partial charge in [0.25, 0.3) is 0 Å². The second kappa shape index (κ2) is 5.87. The maximum absolute atomic E-state index is 5.14. The summed E-state index contributed by atoms with van der Waals surface area (Å²) in [5.41, 5.74) is 2.85. The summed E-state index contributed by atoms with van der Waals surface area (Å²) < 4.78 is 5.14. The van der Waals surface area contributed by atoms with Crippen molar-refractivity contribution in [3.05, 3.63) is 23.0 Å². The van der Waals surface area contributed by atoms with Gasteiger partial charge in [0.15, 0.2) is 0 Å². The Hall–Kier alpha value is -0.720. The van der Waals surface area contributed by atoms with Crippen LogP contribution in [0.1, 0.15) is 40.5 Å². The molecule has 0 N–H and O–H groups in total. The maximum Gasteiger partial charge on any atom is 0.0961 e. The molecule has 0 aromatic heterocycles. The summed E-state index contributed by atoms with van der Waals surface area (Å²) in [7, 11) is 1.74. The van der Waals surface area contributed by atoms with Crippen molar-refractivity contribution >= 4 is 0 Å². The molecule has 1 aliphatic rings. The highest BCUT2D eigenvalue weighted by atomic mass is 16.5. The van der Waals surface area contributed by atoms with Crippen molar-refractivity contribution in [3.63, 3.8) is 0 Å². The normalized spacial score (nSPS) is 16.2. The zero-order chi connectivity index (χ0) is 9.56. The van der Waals surface area contributed by atoms with Crippen LogP contribution in [0.5, 0.6) is 0 Å². The van der Waals surface area contributed by atoms with Crippen molar-refractivity contribution in [2.75, 3.05) is 7.11 Å². The first-order chi connectivity index (χ1) is 5.74. The fourth-order valence-electron chi connectivity index (χ4n) is 1.11. The second-order valence-corrected chi connectivity index (χ2v) is 2.78. The standard InChI is InChI=1S/C9H14O.C2H6/c1-7-4-5-9(10-3)6-8(7)2;1-2/h6H,4-5H2,1-3H3;1-2H3. The van der Waals surface area contributed by atoms with Gasteiger partial charge in [-0.25, -0.2) is 0 Å². The van der Waals surface area contributed by atoms with Gasteiger partial charge >= 0.3 is 0 Å². The monoisotopic (exact) mass is 168 g/mol. The lowest BCUT2D eigenvalue weighted by molar-refractivity contribution is 0.275. The Balaban J connectivity index is 0.000000561. The molecule has 0 radical (unpaired) electrons. The molecule has 1 heteroatoms. The van der Waals surface area contributed by atoms with Crippen LogP contribution >= 0.6 is 0 Å². The molecule has 0 fully saturated rings. The molecule has 0 saturated carbocycles. The van der Waals surface area contributed by atoms with Crippen LogP contribution in [-0.4, -0.2) is 7.11 Å². The number of allylic oxidation sites excluding steroid dienone is 4. The van der Waals surface area contributed by atoms with Crippen molar-refractivity contribution in [1.29, 1.82) is 0 Å². The molecule has 0 unspecified atom stereocenters. The molecule has 0 aromatic rings. The van der Waals surface area contributed by atoms with E-state index in [2.05, 4.69) is 19.9 Å². The van der Waals surface area contributed by atoms with E-state index in [1.54, 1.807) is 7.11 Å². The Bertz CT molecular complexity index is 187. The van der Waals surface area contributed by atoms with Gasteiger partial charge in [-0.1, -0.05) is 19.4 Å². The molecule has 1 aliphatic carbocycles. The lowest BCUT2D eigenvalue weighted by atomic mass is 9.99. The molecule has 0 spiro atoms. The molecule has 0 atom stereocenters. The van der Waals surface area contributed by atoms with Gasteiger partial charge in [0, 0.05) is 6.42 Å². The van der Waals surface area contributed by atoms with Gasteiger partial charge in [-0.2, -0.15) is 0 Å². The van der Waals surface area contributed by atoms with Crippen molar-refractivity contribution in [2.24, 2.45) is 0 Å². The van der Waals surface area contributed by atoms with E-state index >= 15 is 0 Å². The Morgan fingerprint density at radius 1 is 1.17 bits per heavy atom. The fourth-order valence-corrected chi connectivity index (χ4v) is 1.11. The lowest BCUT2D eigenvalue weighted by Gasteiger charge is -2.13. The average molecular weight is 168 g/mol. The first kappa shape index (κ1) is 11.3. The molecule has 0 saturated heterocycles. The highest BCUT2D eigenvalue weighted by molar-refractivity contribution is 5.28. The first-order valence-corrected chi connectivity index (χ1v) is 4.65. The van der Waals surface area contributed by atoms with E-state index in [9.17, 15) is 0 Å². The number of hydrogen-bond donors (Lipinski definition) is 0. The highest BCUT2D eigenvalue weighted by Crippen LogP contribution is 2.22. The van der Waals surface area contributed by atoms with Gasteiger partial charge in [-0.3, -0.25) is 0 Å². The predicted molar refractivity (Wildman–Crippen MR) is 54.0 cm³/mol. The van der Waals surface area contributed by atoms with Crippen molar-refractivity contribution < 1.29 is 4.74 Å². The third-order valence-electron chi connectivity index (χ3n) is 2.06. The van der Waals surface area contributed by atoms with Crippen LogP contribution in [0.2, 0.25) is 0 Å². The van der Waals surface area contributed by atoms with Gasteiger partial charge in [-0.15, -0.1) is 0 Å². The summed E-state index contributed by atoms with van der Waals surface area (Å²) in [5.74, 6) is 1.11. The summed E-state index contributed by atoms with van der Waals surface area (Å²) in [6.45, 7) is 8.31. The molecule has 0 aromatic carbocycles. The maximum atomic E-state index is 5.14. The molecule has 0 amide bonds. The van der Waals surface area contributed by atoms with Crippen LogP contribution in [0.15, 0.2) is 23.0 Å². The van der Waals surface area contributed by atoms with Gasteiger partial charge in [0.2, 0.25) is 0 Å². The largest absolute Gasteiger partial charge is 0.501 e. The quantitative estimate of drug-likeness (QED) is 0.580. The Kier molecular flexibility index (Phi) is 5.52. The number of ether oxygens (including phenoxy) is 1. The van der Waals surface area contributed by atoms with Crippen LogP contribution in [0.25, 0.3) is 0 Å². The van der Waals surface area contributed by atoms with E-state index in [0.29, 0.717) is 0 Å². The Morgan fingerprint density at radius 2 is 1.75 bits per heavy atom. The van der Waals surface area contributed by atoms with Crippen LogP contribution in [0.4, 0.5) is 0 Å². The number of methoxy groups -OCH3 is 1. The lowest BCUT2D eigenvalue weighted by Crippen LogP contribution is -1.96. The van der Waals surface area contributed by atoms with Crippen LogP contribution in [0, 0.1) is 0 Å². The van der Waals surface area contributed by atoms with Crippen molar-refractivity contribution in [3.8, 4) is 0 Å². The fraction of sp³-hybridized carbons (Fsp3) is 0.636. The second-order valence-electron chi connectivity index (χ2n) is 2.78. The van der Waals surface area contributed by atoms with Crippen molar-refractivity contribution in [1.82, 2.24) is 0 Å². The zero-order valence-electron chi connectivity index (χ0n) is 8.90. The molecule has 0 bridgehead atoms. The molecule has 1 rings (SSSR count). The minimum Gasteiger partial charge on any atom is -0.501 e. The topological polar surface area (TPSA) is 9.23 Å². The molecule has 0 heterocycles. The molecule has 70 valence electrons. The Morgan fingerprint density at radius 3 is 2.17 bits per heavy atom. The molecule has 0 aliphatic heterocycles. The molecular formula is C11H20O. The third kappa shape index (κ3) is 3.12. The third-order valence-corrected chi connectivity index (χ3v) is 2.06. The van der Waals surface area contributed by atoms with E-state index in [1.807, 2.05) is 13.8 Å². The summed E-state index contributed by atoms with van der Waals surface area (Å²) >= 11 is 0. The van der Waals surface area contributed by atoms with E-state index in [1.165, 1.54) is 11.1 Å². The van der Waals surface area contributed by atoms with E-state index in [0.717, 1.165) is 18.6 Å². The van der Waals surface area contributed by atoms with E-state index in [-0.39, 0.29) is 0 Å². The highest BCUT2D eigenvalue weighted by Gasteiger charge is 2.05. The summed E-state index contributed by atoms with van der Waals surface area (Å²) in [4.78, 5) is 0. The molecule has 1 nitrogen and oxygen atoms in total.